The summed E-state index contributed by atoms with van der Waals surface area (Å²) in [6.45, 7) is 3.79. The molecule has 1 heterocycles. The predicted octanol–water partition coefficient (Wildman–Crippen LogP) is 4.87. The van der Waals surface area contributed by atoms with E-state index < -0.39 is 0 Å². The number of carbonyl (C=O) groups is 1. The molecule has 3 rings (SSSR count). The van der Waals surface area contributed by atoms with Crippen molar-refractivity contribution in [2.24, 2.45) is 0 Å². The Kier molecular flexibility index (Phi) is 7.04. The fourth-order valence-electron chi connectivity index (χ4n) is 3.57. The molecule has 0 aliphatic carbocycles. The van der Waals surface area contributed by atoms with E-state index in [1.54, 1.807) is 43.5 Å². The van der Waals surface area contributed by atoms with Crippen LogP contribution in [0.3, 0.4) is 0 Å². The SMILES string of the molecule is CCOc1c(Cl)cc(/C=C/C(=O)N2CCC(c3ccc(O)cc3)CC2)cc1OC. The second kappa shape index (κ2) is 9.70. The van der Waals surface area contributed by atoms with Crippen molar-refractivity contribution in [2.45, 2.75) is 25.7 Å². The van der Waals surface area contributed by atoms with Gasteiger partial charge in [-0.1, -0.05) is 23.7 Å². The third-order valence-electron chi connectivity index (χ3n) is 5.13. The van der Waals surface area contributed by atoms with Crippen LogP contribution in [0, 0.1) is 0 Å². The van der Waals surface area contributed by atoms with E-state index >= 15 is 0 Å². The lowest BCUT2D eigenvalue weighted by atomic mass is 9.89. The van der Waals surface area contributed by atoms with Gasteiger partial charge in [0.15, 0.2) is 11.5 Å². The number of hydrogen-bond donors (Lipinski definition) is 1. The largest absolute Gasteiger partial charge is 0.508 e. The summed E-state index contributed by atoms with van der Waals surface area (Å²) in [6.07, 6.45) is 5.14. The van der Waals surface area contributed by atoms with Gasteiger partial charge in [-0.3, -0.25) is 4.79 Å². The summed E-state index contributed by atoms with van der Waals surface area (Å²) in [7, 11) is 1.56. The molecule has 1 fully saturated rings. The van der Waals surface area contributed by atoms with Crippen LogP contribution in [0.25, 0.3) is 6.08 Å². The number of ether oxygens (including phenoxy) is 2. The van der Waals surface area contributed by atoms with Crippen LogP contribution in [0.5, 0.6) is 17.2 Å². The number of aromatic hydroxyl groups is 1. The highest BCUT2D eigenvalue weighted by molar-refractivity contribution is 6.32. The summed E-state index contributed by atoms with van der Waals surface area (Å²) < 4.78 is 10.9. The van der Waals surface area contributed by atoms with Crippen molar-refractivity contribution >= 4 is 23.6 Å². The third-order valence-corrected chi connectivity index (χ3v) is 5.41. The molecule has 0 spiro atoms. The fourth-order valence-corrected chi connectivity index (χ4v) is 3.85. The van der Waals surface area contributed by atoms with Crippen molar-refractivity contribution in [1.82, 2.24) is 4.90 Å². The van der Waals surface area contributed by atoms with E-state index in [1.807, 2.05) is 24.0 Å². The molecule has 0 aromatic heterocycles. The maximum Gasteiger partial charge on any atom is 0.246 e. The average molecular weight is 416 g/mol. The summed E-state index contributed by atoms with van der Waals surface area (Å²) in [4.78, 5) is 14.4. The molecule has 2 aromatic carbocycles. The topological polar surface area (TPSA) is 59.0 Å². The number of methoxy groups -OCH3 is 1. The van der Waals surface area contributed by atoms with Gasteiger partial charge in [-0.25, -0.2) is 0 Å². The number of phenolic OH excluding ortho intramolecular Hbond substituents is 1. The molecule has 0 atom stereocenters. The molecule has 29 heavy (non-hydrogen) atoms. The zero-order valence-electron chi connectivity index (χ0n) is 16.7. The number of nitrogens with zero attached hydrogens (tertiary/aromatic N) is 1. The van der Waals surface area contributed by atoms with Gasteiger partial charge in [0.05, 0.1) is 18.7 Å². The van der Waals surface area contributed by atoms with Crippen molar-refractivity contribution in [1.29, 1.82) is 0 Å². The monoisotopic (exact) mass is 415 g/mol. The normalized spacial score (nSPS) is 14.9. The number of likely N-dealkylation sites (tertiary alicyclic amines) is 1. The Hall–Kier alpha value is -2.66. The minimum atomic E-state index is -0.0156. The zero-order valence-corrected chi connectivity index (χ0v) is 17.5. The highest BCUT2D eigenvalue weighted by Gasteiger charge is 2.22. The molecule has 154 valence electrons. The predicted molar refractivity (Wildman–Crippen MR) is 115 cm³/mol. The number of benzene rings is 2. The van der Waals surface area contributed by atoms with Crippen LogP contribution in [0.1, 0.15) is 36.8 Å². The summed E-state index contributed by atoms with van der Waals surface area (Å²) >= 11 is 6.29. The summed E-state index contributed by atoms with van der Waals surface area (Å²) in [5, 5.41) is 9.88. The Morgan fingerprint density at radius 3 is 2.55 bits per heavy atom. The van der Waals surface area contributed by atoms with Gasteiger partial charge in [0.25, 0.3) is 0 Å². The molecule has 0 radical (unpaired) electrons. The van der Waals surface area contributed by atoms with E-state index in [9.17, 15) is 9.90 Å². The van der Waals surface area contributed by atoms with Crippen molar-refractivity contribution in [3.8, 4) is 17.2 Å². The molecule has 1 amide bonds. The van der Waals surface area contributed by atoms with Crippen LogP contribution < -0.4 is 9.47 Å². The first-order chi connectivity index (χ1) is 14.0. The van der Waals surface area contributed by atoms with Crippen LogP contribution in [0.4, 0.5) is 0 Å². The molecular formula is C23H26ClNO4. The van der Waals surface area contributed by atoms with Crippen LogP contribution in [-0.4, -0.2) is 42.7 Å². The molecule has 0 saturated carbocycles. The van der Waals surface area contributed by atoms with Gasteiger partial charge in [0, 0.05) is 19.2 Å². The second-order valence-corrected chi connectivity index (χ2v) is 7.40. The average Bonchev–Trinajstić information content (AvgIpc) is 2.74. The van der Waals surface area contributed by atoms with Crippen molar-refractivity contribution in [3.05, 3.63) is 58.6 Å². The maximum atomic E-state index is 12.6. The highest BCUT2D eigenvalue weighted by atomic mass is 35.5. The standard InChI is InChI=1S/C23H26ClNO4/c1-3-29-23-20(24)14-16(15-21(23)28-2)4-9-22(27)25-12-10-18(11-13-25)17-5-7-19(26)8-6-17/h4-9,14-15,18,26H,3,10-13H2,1-2H3/b9-4+. The van der Waals surface area contributed by atoms with E-state index in [4.69, 9.17) is 21.1 Å². The molecule has 0 bridgehead atoms. The van der Waals surface area contributed by atoms with Gasteiger partial charge >= 0.3 is 0 Å². The summed E-state index contributed by atoms with van der Waals surface area (Å²) in [5.74, 6) is 1.73. The number of halogens is 1. The summed E-state index contributed by atoms with van der Waals surface area (Å²) in [5.41, 5.74) is 1.99. The molecule has 1 N–H and O–H groups in total. The molecule has 2 aromatic rings. The Balaban J connectivity index is 1.61. The molecular weight excluding hydrogens is 390 g/mol. The van der Waals surface area contributed by atoms with Crippen LogP contribution in [0.2, 0.25) is 5.02 Å². The first-order valence-electron chi connectivity index (χ1n) is 9.78. The number of piperidine rings is 1. The molecule has 0 unspecified atom stereocenters. The minimum absolute atomic E-state index is 0.0156. The van der Waals surface area contributed by atoms with Gasteiger partial charge in [-0.05, 0) is 67.2 Å². The van der Waals surface area contributed by atoms with Gasteiger partial charge < -0.3 is 19.5 Å². The minimum Gasteiger partial charge on any atom is -0.508 e. The van der Waals surface area contributed by atoms with Crippen LogP contribution >= 0.6 is 11.6 Å². The number of rotatable bonds is 6. The quantitative estimate of drug-likeness (QED) is 0.683. The number of amides is 1. The van der Waals surface area contributed by atoms with E-state index in [-0.39, 0.29) is 11.7 Å². The van der Waals surface area contributed by atoms with Gasteiger partial charge in [0.2, 0.25) is 5.91 Å². The van der Waals surface area contributed by atoms with Crippen molar-refractivity contribution in [2.75, 3.05) is 26.8 Å². The van der Waals surface area contributed by atoms with E-state index in [1.165, 1.54) is 5.56 Å². The summed E-state index contributed by atoms with van der Waals surface area (Å²) in [6, 6.07) is 10.9. The lowest BCUT2D eigenvalue weighted by molar-refractivity contribution is -0.126. The molecule has 5 nitrogen and oxygen atoms in total. The highest BCUT2D eigenvalue weighted by Crippen LogP contribution is 2.37. The first kappa shape index (κ1) is 21.1. The molecule has 1 aliphatic rings. The van der Waals surface area contributed by atoms with E-state index in [0.717, 1.165) is 18.4 Å². The fraction of sp³-hybridized carbons (Fsp3) is 0.348. The Bertz CT molecular complexity index is 871. The lowest BCUT2D eigenvalue weighted by Crippen LogP contribution is -2.36. The Morgan fingerprint density at radius 1 is 1.24 bits per heavy atom. The van der Waals surface area contributed by atoms with Crippen molar-refractivity contribution in [3.63, 3.8) is 0 Å². The number of hydrogen-bond acceptors (Lipinski definition) is 4. The maximum absolute atomic E-state index is 12.6. The Morgan fingerprint density at radius 2 is 1.93 bits per heavy atom. The molecule has 1 aliphatic heterocycles. The van der Waals surface area contributed by atoms with Crippen LogP contribution in [-0.2, 0) is 4.79 Å². The molecule has 1 saturated heterocycles. The smallest absolute Gasteiger partial charge is 0.246 e. The van der Waals surface area contributed by atoms with Gasteiger partial charge in [-0.2, -0.15) is 0 Å². The first-order valence-corrected chi connectivity index (χ1v) is 10.2. The van der Waals surface area contributed by atoms with Crippen LogP contribution in [0.15, 0.2) is 42.5 Å². The number of carbonyl (C=O) groups excluding carboxylic acids is 1. The zero-order chi connectivity index (χ0) is 20.8. The third kappa shape index (κ3) is 5.24. The van der Waals surface area contributed by atoms with Gasteiger partial charge in [0.1, 0.15) is 5.75 Å². The lowest BCUT2D eigenvalue weighted by Gasteiger charge is -2.31. The van der Waals surface area contributed by atoms with Crippen molar-refractivity contribution < 1.29 is 19.4 Å². The van der Waals surface area contributed by atoms with Gasteiger partial charge in [-0.15, -0.1) is 0 Å². The number of phenols is 1. The van der Waals surface area contributed by atoms with E-state index in [0.29, 0.717) is 42.1 Å². The second-order valence-electron chi connectivity index (χ2n) is 6.99. The Labute approximate surface area is 176 Å². The van der Waals surface area contributed by atoms with E-state index in [2.05, 4.69) is 0 Å². The molecule has 6 heteroatoms.